The number of rotatable bonds is 3. The van der Waals surface area contributed by atoms with Gasteiger partial charge >= 0.3 is 0 Å². The standard InChI is InChI=1S/C12H8ClF3N4O/c13-6-1-2-9(20-17)18-10(6)12(21)19-11-7(15)3-5(14)4-8(11)16/h1-4H,17H2,(H,18,20)(H,19,21). The molecule has 4 N–H and O–H groups in total. The first-order valence-corrected chi connectivity index (χ1v) is 5.89. The first-order chi connectivity index (χ1) is 9.92. The van der Waals surface area contributed by atoms with Gasteiger partial charge in [-0.25, -0.2) is 24.0 Å². The number of nitrogens with zero attached hydrogens (tertiary/aromatic N) is 1. The number of pyridine rings is 1. The number of hydrazine groups is 1. The zero-order chi connectivity index (χ0) is 15.6. The lowest BCUT2D eigenvalue weighted by atomic mass is 10.2. The van der Waals surface area contributed by atoms with E-state index in [0.29, 0.717) is 12.1 Å². The topological polar surface area (TPSA) is 80.0 Å². The molecule has 1 amide bonds. The molecule has 0 saturated carbocycles. The van der Waals surface area contributed by atoms with Gasteiger partial charge < -0.3 is 10.7 Å². The van der Waals surface area contributed by atoms with Crippen molar-refractivity contribution in [2.24, 2.45) is 5.84 Å². The molecule has 0 spiro atoms. The van der Waals surface area contributed by atoms with E-state index in [4.69, 9.17) is 17.4 Å². The molecule has 0 aliphatic rings. The summed E-state index contributed by atoms with van der Waals surface area (Å²) in [5, 5.41) is 1.90. The Morgan fingerprint density at radius 3 is 2.38 bits per heavy atom. The van der Waals surface area contributed by atoms with Crippen LogP contribution in [0.4, 0.5) is 24.7 Å². The van der Waals surface area contributed by atoms with E-state index < -0.39 is 29.0 Å². The molecule has 0 atom stereocenters. The summed E-state index contributed by atoms with van der Waals surface area (Å²) in [5.74, 6) is 0.674. The van der Waals surface area contributed by atoms with Gasteiger partial charge in [-0.3, -0.25) is 4.79 Å². The number of amides is 1. The number of anilines is 2. The average molecular weight is 317 g/mol. The van der Waals surface area contributed by atoms with E-state index in [2.05, 4.69) is 10.4 Å². The Morgan fingerprint density at radius 2 is 1.81 bits per heavy atom. The lowest BCUT2D eigenvalue weighted by Gasteiger charge is -2.09. The van der Waals surface area contributed by atoms with Gasteiger partial charge in [-0.15, -0.1) is 0 Å². The summed E-state index contributed by atoms with van der Waals surface area (Å²) in [7, 11) is 0. The number of benzene rings is 1. The normalized spacial score (nSPS) is 10.3. The SMILES string of the molecule is NNc1ccc(Cl)c(C(=O)Nc2c(F)cc(F)cc2F)n1. The van der Waals surface area contributed by atoms with Crippen molar-refractivity contribution in [2.75, 3.05) is 10.7 Å². The van der Waals surface area contributed by atoms with Crippen LogP contribution in [-0.2, 0) is 0 Å². The third-order valence-corrected chi connectivity index (χ3v) is 2.76. The van der Waals surface area contributed by atoms with Gasteiger partial charge in [0.2, 0.25) is 0 Å². The number of hydrogen-bond donors (Lipinski definition) is 3. The fraction of sp³-hybridized carbons (Fsp3) is 0. The molecule has 2 rings (SSSR count). The number of nitrogens with one attached hydrogen (secondary N) is 2. The molecule has 1 aromatic carbocycles. The third kappa shape index (κ3) is 3.23. The van der Waals surface area contributed by atoms with E-state index in [-0.39, 0.29) is 16.5 Å². The Balaban J connectivity index is 2.35. The molecule has 0 aliphatic carbocycles. The van der Waals surface area contributed by atoms with Crippen LogP contribution in [0.2, 0.25) is 5.02 Å². The lowest BCUT2D eigenvalue weighted by Crippen LogP contribution is -2.18. The van der Waals surface area contributed by atoms with Crippen LogP contribution in [0.15, 0.2) is 24.3 Å². The van der Waals surface area contributed by atoms with Crippen LogP contribution < -0.4 is 16.6 Å². The predicted octanol–water partition coefficient (Wildman–Crippen LogP) is 2.69. The molecular weight excluding hydrogens is 309 g/mol. The van der Waals surface area contributed by atoms with Crippen molar-refractivity contribution in [2.45, 2.75) is 0 Å². The molecular formula is C12H8ClF3N4O. The van der Waals surface area contributed by atoms with Gasteiger partial charge in [0.25, 0.3) is 5.91 Å². The second-order valence-corrected chi connectivity index (χ2v) is 4.28. The van der Waals surface area contributed by atoms with Crippen molar-refractivity contribution in [3.05, 3.63) is 52.4 Å². The maximum Gasteiger partial charge on any atom is 0.276 e. The molecule has 0 fully saturated rings. The molecule has 2 aromatic rings. The van der Waals surface area contributed by atoms with E-state index in [1.54, 1.807) is 0 Å². The second kappa shape index (κ2) is 5.98. The Morgan fingerprint density at radius 1 is 1.19 bits per heavy atom. The lowest BCUT2D eigenvalue weighted by molar-refractivity contribution is 0.102. The first kappa shape index (κ1) is 15.1. The van der Waals surface area contributed by atoms with Gasteiger partial charge in [0.15, 0.2) is 11.6 Å². The molecule has 0 aliphatic heterocycles. The van der Waals surface area contributed by atoms with Crippen molar-refractivity contribution in [1.82, 2.24) is 4.98 Å². The van der Waals surface area contributed by atoms with Crippen molar-refractivity contribution >= 4 is 29.0 Å². The molecule has 0 bridgehead atoms. The van der Waals surface area contributed by atoms with E-state index >= 15 is 0 Å². The fourth-order valence-corrected chi connectivity index (χ4v) is 1.71. The number of aromatic nitrogens is 1. The number of carbonyl (C=O) groups is 1. The summed E-state index contributed by atoms with van der Waals surface area (Å²) in [5.41, 5.74) is 1.10. The monoisotopic (exact) mass is 316 g/mol. The largest absolute Gasteiger partial charge is 0.316 e. The highest BCUT2D eigenvalue weighted by Gasteiger charge is 2.18. The van der Waals surface area contributed by atoms with Crippen molar-refractivity contribution in [3.63, 3.8) is 0 Å². The highest BCUT2D eigenvalue weighted by atomic mass is 35.5. The molecule has 1 heterocycles. The Labute approximate surface area is 121 Å². The smallest absolute Gasteiger partial charge is 0.276 e. The molecule has 1 aromatic heterocycles. The van der Waals surface area contributed by atoms with Gasteiger partial charge in [0.1, 0.15) is 23.0 Å². The van der Waals surface area contributed by atoms with Crippen LogP contribution in [0, 0.1) is 17.5 Å². The summed E-state index contributed by atoms with van der Waals surface area (Å²) in [4.78, 5) is 15.7. The van der Waals surface area contributed by atoms with Gasteiger partial charge in [-0.05, 0) is 12.1 Å². The first-order valence-electron chi connectivity index (χ1n) is 5.51. The Kier molecular flexibility index (Phi) is 4.29. The van der Waals surface area contributed by atoms with Gasteiger partial charge in [0, 0.05) is 12.1 Å². The summed E-state index contributed by atoms with van der Waals surface area (Å²) >= 11 is 5.78. The number of halogens is 4. The van der Waals surface area contributed by atoms with Crippen LogP contribution in [-0.4, -0.2) is 10.9 Å². The van der Waals surface area contributed by atoms with E-state index in [1.165, 1.54) is 12.1 Å². The molecule has 0 radical (unpaired) electrons. The van der Waals surface area contributed by atoms with Crippen LogP contribution in [0.5, 0.6) is 0 Å². The summed E-state index contributed by atoms with van der Waals surface area (Å²) in [6.45, 7) is 0. The van der Waals surface area contributed by atoms with Crippen LogP contribution in [0.25, 0.3) is 0 Å². The molecule has 110 valence electrons. The maximum absolute atomic E-state index is 13.5. The number of nitrogens with two attached hydrogens (primary N) is 1. The quantitative estimate of drug-likeness (QED) is 0.601. The molecule has 21 heavy (non-hydrogen) atoms. The number of carbonyl (C=O) groups excluding carboxylic acids is 1. The van der Waals surface area contributed by atoms with Crippen LogP contribution in [0.3, 0.4) is 0 Å². The average Bonchev–Trinajstić information content (AvgIpc) is 2.43. The minimum Gasteiger partial charge on any atom is -0.316 e. The fourth-order valence-electron chi connectivity index (χ4n) is 1.52. The molecule has 0 unspecified atom stereocenters. The van der Waals surface area contributed by atoms with E-state index in [9.17, 15) is 18.0 Å². The van der Waals surface area contributed by atoms with Crippen molar-refractivity contribution in [3.8, 4) is 0 Å². The maximum atomic E-state index is 13.5. The van der Waals surface area contributed by atoms with E-state index in [1.807, 2.05) is 5.32 Å². The second-order valence-electron chi connectivity index (χ2n) is 3.87. The minimum absolute atomic E-state index is 0.0468. The highest BCUT2D eigenvalue weighted by Crippen LogP contribution is 2.22. The third-order valence-electron chi connectivity index (χ3n) is 2.45. The van der Waals surface area contributed by atoms with Crippen molar-refractivity contribution in [1.29, 1.82) is 0 Å². The molecule has 0 saturated heterocycles. The van der Waals surface area contributed by atoms with Gasteiger partial charge in [-0.1, -0.05) is 11.6 Å². The summed E-state index contributed by atoms with van der Waals surface area (Å²) in [6.07, 6.45) is 0. The van der Waals surface area contributed by atoms with Crippen molar-refractivity contribution < 1.29 is 18.0 Å². The Bertz CT molecular complexity index is 688. The number of hydrogen-bond acceptors (Lipinski definition) is 4. The minimum atomic E-state index is -1.26. The Hall–Kier alpha value is -2.32. The van der Waals surface area contributed by atoms with Crippen LogP contribution in [0.1, 0.15) is 10.5 Å². The number of nitrogen functional groups attached to an aromatic ring is 1. The summed E-state index contributed by atoms with van der Waals surface area (Å²) < 4.78 is 39.7. The zero-order valence-corrected chi connectivity index (χ0v) is 11.0. The molecule has 5 nitrogen and oxygen atoms in total. The van der Waals surface area contributed by atoms with Gasteiger partial charge in [-0.2, -0.15) is 0 Å². The van der Waals surface area contributed by atoms with Crippen LogP contribution >= 0.6 is 11.6 Å². The zero-order valence-electron chi connectivity index (χ0n) is 10.3. The highest BCUT2D eigenvalue weighted by molar-refractivity contribution is 6.34. The predicted molar refractivity (Wildman–Crippen MR) is 71.3 cm³/mol. The van der Waals surface area contributed by atoms with E-state index in [0.717, 1.165) is 0 Å². The van der Waals surface area contributed by atoms with Gasteiger partial charge in [0.05, 0.1) is 5.02 Å². The molecule has 9 heteroatoms. The summed E-state index contributed by atoms with van der Waals surface area (Å²) in [6, 6.07) is 3.60.